The fraction of sp³-hybridized carbons (Fsp3) is 0.600. The van der Waals surface area contributed by atoms with Gasteiger partial charge < -0.3 is 15.9 Å². The van der Waals surface area contributed by atoms with E-state index in [1.165, 1.54) is 6.07 Å². The Morgan fingerprint density at radius 2 is 1.84 bits per heavy atom. The minimum absolute atomic E-state index is 0.101. The maximum atomic E-state index is 9.93. The van der Waals surface area contributed by atoms with Crippen molar-refractivity contribution in [1.82, 2.24) is 4.90 Å². The standard InChI is InChI=1S/C15H24N2O2/c1-10(16)12-5-7-17(8-6-12)11(2)14-4-3-13(18)9-15(14)19/h3-4,9-12,18-19H,5-8,16H2,1-2H3. The molecule has 0 amide bonds. The molecule has 4 heteroatoms. The number of piperidine rings is 1. The van der Waals surface area contributed by atoms with Gasteiger partial charge in [-0.2, -0.15) is 0 Å². The first-order valence-corrected chi connectivity index (χ1v) is 7.00. The number of benzene rings is 1. The monoisotopic (exact) mass is 264 g/mol. The second-order valence-corrected chi connectivity index (χ2v) is 5.65. The molecule has 0 saturated carbocycles. The van der Waals surface area contributed by atoms with E-state index in [0.717, 1.165) is 31.5 Å². The molecule has 19 heavy (non-hydrogen) atoms. The molecule has 0 radical (unpaired) electrons. The van der Waals surface area contributed by atoms with Crippen LogP contribution in [0.5, 0.6) is 11.5 Å². The molecule has 1 aliphatic rings. The van der Waals surface area contributed by atoms with Gasteiger partial charge in [0.15, 0.2) is 0 Å². The Balaban J connectivity index is 2.03. The van der Waals surface area contributed by atoms with Gasteiger partial charge in [-0.15, -0.1) is 0 Å². The summed E-state index contributed by atoms with van der Waals surface area (Å²) in [6, 6.07) is 5.25. The van der Waals surface area contributed by atoms with Crippen molar-refractivity contribution in [3.05, 3.63) is 23.8 Å². The van der Waals surface area contributed by atoms with Crippen LogP contribution in [0, 0.1) is 5.92 Å². The molecule has 1 saturated heterocycles. The summed E-state index contributed by atoms with van der Waals surface area (Å²) in [6.45, 7) is 6.19. The molecule has 2 unspecified atom stereocenters. The summed E-state index contributed by atoms with van der Waals surface area (Å²) in [4.78, 5) is 2.37. The van der Waals surface area contributed by atoms with Crippen molar-refractivity contribution < 1.29 is 10.2 Å². The third kappa shape index (κ3) is 3.19. The molecule has 4 nitrogen and oxygen atoms in total. The lowest BCUT2D eigenvalue weighted by atomic mass is 9.89. The summed E-state index contributed by atoms with van der Waals surface area (Å²) >= 11 is 0. The molecule has 2 rings (SSSR count). The Bertz CT molecular complexity index is 426. The maximum Gasteiger partial charge on any atom is 0.124 e. The lowest BCUT2D eigenvalue weighted by Gasteiger charge is -2.37. The van der Waals surface area contributed by atoms with Crippen molar-refractivity contribution >= 4 is 0 Å². The summed E-state index contributed by atoms with van der Waals surface area (Å²) in [5.74, 6) is 0.878. The summed E-state index contributed by atoms with van der Waals surface area (Å²) in [6.07, 6.45) is 2.22. The molecule has 106 valence electrons. The smallest absolute Gasteiger partial charge is 0.124 e. The molecule has 0 spiro atoms. The molecule has 0 bridgehead atoms. The average Bonchev–Trinajstić information content (AvgIpc) is 2.38. The second kappa shape index (κ2) is 5.80. The molecule has 0 aliphatic carbocycles. The number of hydrogen-bond acceptors (Lipinski definition) is 4. The van der Waals surface area contributed by atoms with Crippen LogP contribution in [-0.4, -0.2) is 34.2 Å². The highest BCUT2D eigenvalue weighted by molar-refractivity contribution is 5.40. The average molecular weight is 264 g/mol. The number of aromatic hydroxyl groups is 2. The van der Waals surface area contributed by atoms with Crippen LogP contribution in [0.1, 0.15) is 38.3 Å². The Morgan fingerprint density at radius 3 is 2.37 bits per heavy atom. The van der Waals surface area contributed by atoms with Gasteiger partial charge in [0.1, 0.15) is 11.5 Å². The van der Waals surface area contributed by atoms with Crippen molar-refractivity contribution in [2.75, 3.05) is 13.1 Å². The molecule has 1 aromatic carbocycles. The second-order valence-electron chi connectivity index (χ2n) is 5.65. The third-order valence-electron chi connectivity index (χ3n) is 4.33. The molecule has 1 heterocycles. The van der Waals surface area contributed by atoms with Gasteiger partial charge in [0.2, 0.25) is 0 Å². The maximum absolute atomic E-state index is 9.93. The molecule has 1 fully saturated rings. The molecular weight excluding hydrogens is 240 g/mol. The summed E-state index contributed by atoms with van der Waals surface area (Å²) < 4.78 is 0. The highest BCUT2D eigenvalue weighted by Gasteiger charge is 2.26. The minimum atomic E-state index is 0.101. The lowest BCUT2D eigenvalue weighted by Crippen LogP contribution is -2.40. The molecular formula is C15H24N2O2. The number of nitrogens with zero attached hydrogens (tertiary/aromatic N) is 1. The topological polar surface area (TPSA) is 69.7 Å². The zero-order valence-corrected chi connectivity index (χ0v) is 11.7. The number of phenols is 2. The predicted molar refractivity (Wildman–Crippen MR) is 76.1 cm³/mol. The van der Waals surface area contributed by atoms with Crippen molar-refractivity contribution in [3.8, 4) is 11.5 Å². The molecule has 1 aliphatic heterocycles. The SMILES string of the molecule is CC(N)C1CCN(C(C)c2ccc(O)cc2O)CC1. The highest BCUT2D eigenvalue weighted by Crippen LogP contribution is 2.33. The van der Waals surface area contributed by atoms with Crippen LogP contribution in [0.3, 0.4) is 0 Å². The fourth-order valence-corrected chi connectivity index (χ4v) is 2.91. The van der Waals surface area contributed by atoms with E-state index in [2.05, 4.69) is 18.7 Å². The highest BCUT2D eigenvalue weighted by atomic mass is 16.3. The predicted octanol–water partition coefficient (Wildman–Crippen LogP) is 2.22. The van der Waals surface area contributed by atoms with Crippen LogP contribution in [0.2, 0.25) is 0 Å². The van der Waals surface area contributed by atoms with Gasteiger partial charge in [-0.05, 0) is 51.8 Å². The van der Waals surface area contributed by atoms with Crippen LogP contribution in [0.4, 0.5) is 0 Å². The Kier molecular flexibility index (Phi) is 4.32. The Morgan fingerprint density at radius 1 is 1.21 bits per heavy atom. The van der Waals surface area contributed by atoms with Gasteiger partial charge >= 0.3 is 0 Å². The number of phenolic OH excluding ortho intramolecular Hbond substituents is 2. The van der Waals surface area contributed by atoms with Gasteiger partial charge in [-0.3, -0.25) is 4.90 Å². The number of likely N-dealkylation sites (tertiary alicyclic amines) is 1. The van der Waals surface area contributed by atoms with Crippen LogP contribution in [0.15, 0.2) is 18.2 Å². The number of hydrogen-bond donors (Lipinski definition) is 3. The van der Waals surface area contributed by atoms with E-state index in [1.54, 1.807) is 12.1 Å². The van der Waals surface area contributed by atoms with Gasteiger partial charge in [0.25, 0.3) is 0 Å². The normalized spacial score (nSPS) is 21.2. The van der Waals surface area contributed by atoms with Gasteiger partial charge in [0, 0.05) is 23.7 Å². The van der Waals surface area contributed by atoms with Crippen molar-refractivity contribution in [3.63, 3.8) is 0 Å². The summed E-state index contributed by atoms with van der Waals surface area (Å²) in [5, 5.41) is 19.3. The lowest BCUT2D eigenvalue weighted by molar-refractivity contribution is 0.131. The largest absolute Gasteiger partial charge is 0.508 e. The van der Waals surface area contributed by atoms with Crippen LogP contribution >= 0.6 is 0 Å². The van der Waals surface area contributed by atoms with Gasteiger partial charge in [0.05, 0.1) is 0 Å². The van der Waals surface area contributed by atoms with E-state index < -0.39 is 0 Å². The quantitative estimate of drug-likeness (QED) is 0.783. The first kappa shape index (κ1) is 14.2. The van der Waals surface area contributed by atoms with E-state index in [0.29, 0.717) is 5.92 Å². The number of rotatable bonds is 3. The zero-order valence-electron chi connectivity index (χ0n) is 11.7. The third-order valence-corrected chi connectivity index (χ3v) is 4.33. The molecule has 4 N–H and O–H groups in total. The molecule has 0 aromatic heterocycles. The Labute approximate surface area is 114 Å². The Hall–Kier alpha value is -1.26. The summed E-state index contributed by atoms with van der Waals surface area (Å²) in [7, 11) is 0. The number of nitrogens with two attached hydrogens (primary N) is 1. The zero-order chi connectivity index (χ0) is 14.0. The van der Waals surface area contributed by atoms with E-state index in [1.807, 2.05) is 0 Å². The van der Waals surface area contributed by atoms with Crippen molar-refractivity contribution in [1.29, 1.82) is 0 Å². The van der Waals surface area contributed by atoms with Crippen LogP contribution < -0.4 is 5.73 Å². The van der Waals surface area contributed by atoms with Gasteiger partial charge in [-0.1, -0.05) is 6.07 Å². The van der Waals surface area contributed by atoms with E-state index in [4.69, 9.17) is 5.73 Å². The van der Waals surface area contributed by atoms with Crippen molar-refractivity contribution in [2.24, 2.45) is 11.7 Å². The van der Waals surface area contributed by atoms with Crippen LogP contribution in [0.25, 0.3) is 0 Å². The first-order chi connectivity index (χ1) is 8.99. The first-order valence-electron chi connectivity index (χ1n) is 7.00. The molecule has 1 aromatic rings. The van der Waals surface area contributed by atoms with Crippen LogP contribution in [-0.2, 0) is 0 Å². The van der Waals surface area contributed by atoms with Crippen molar-refractivity contribution in [2.45, 2.75) is 38.8 Å². The fourth-order valence-electron chi connectivity index (χ4n) is 2.91. The van der Waals surface area contributed by atoms with E-state index in [-0.39, 0.29) is 23.6 Å². The molecule has 2 atom stereocenters. The van der Waals surface area contributed by atoms with E-state index in [9.17, 15) is 10.2 Å². The summed E-state index contributed by atoms with van der Waals surface area (Å²) in [5.41, 5.74) is 6.83. The van der Waals surface area contributed by atoms with Gasteiger partial charge in [-0.25, -0.2) is 0 Å². The minimum Gasteiger partial charge on any atom is -0.508 e. The van der Waals surface area contributed by atoms with E-state index >= 15 is 0 Å².